The Balaban J connectivity index is 1.72. The maximum atomic E-state index is 13.0. The second-order valence-corrected chi connectivity index (χ2v) is 7.26. The minimum absolute atomic E-state index is 0.0775. The lowest BCUT2D eigenvalue weighted by Crippen LogP contribution is -2.50. The van der Waals surface area contributed by atoms with Crippen LogP contribution in [-0.4, -0.2) is 64.7 Å². The molecule has 162 valence electrons. The van der Waals surface area contributed by atoms with E-state index in [1.54, 1.807) is 46.2 Å². The van der Waals surface area contributed by atoms with Gasteiger partial charge in [-0.3, -0.25) is 19.2 Å². The first-order valence-electron chi connectivity index (χ1n) is 9.81. The molecule has 0 aliphatic carbocycles. The SMILES string of the molecule is CC(=O)Nc1cc(NC(C)=O)cc(C(=O)N2CCN(C(=O)c3ccccc3O)CC2)c1. The zero-order valence-electron chi connectivity index (χ0n) is 17.3. The van der Waals surface area contributed by atoms with Crippen LogP contribution in [0.4, 0.5) is 11.4 Å². The van der Waals surface area contributed by atoms with E-state index in [4.69, 9.17) is 0 Å². The van der Waals surface area contributed by atoms with Gasteiger partial charge in [-0.15, -0.1) is 0 Å². The number of nitrogens with zero attached hydrogens (tertiary/aromatic N) is 2. The number of piperazine rings is 1. The van der Waals surface area contributed by atoms with E-state index >= 15 is 0 Å². The molecule has 0 radical (unpaired) electrons. The number of aromatic hydroxyl groups is 1. The van der Waals surface area contributed by atoms with Crippen molar-refractivity contribution in [3.05, 3.63) is 53.6 Å². The number of para-hydroxylation sites is 1. The molecule has 0 atom stereocenters. The first-order chi connectivity index (χ1) is 14.7. The Bertz CT molecular complexity index is 994. The summed E-state index contributed by atoms with van der Waals surface area (Å²) in [5.41, 5.74) is 1.34. The van der Waals surface area contributed by atoms with Crippen molar-refractivity contribution in [2.75, 3.05) is 36.8 Å². The van der Waals surface area contributed by atoms with E-state index in [0.29, 0.717) is 43.1 Å². The fraction of sp³-hybridized carbons (Fsp3) is 0.273. The van der Waals surface area contributed by atoms with Gasteiger partial charge in [-0.25, -0.2) is 0 Å². The second-order valence-electron chi connectivity index (χ2n) is 7.26. The molecule has 4 amide bonds. The van der Waals surface area contributed by atoms with Crippen LogP contribution in [0.2, 0.25) is 0 Å². The van der Waals surface area contributed by atoms with Crippen LogP contribution in [0.3, 0.4) is 0 Å². The molecule has 3 N–H and O–H groups in total. The Morgan fingerprint density at radius 2 is 1.26 bits per heavy atom. The predicted octanol–water partition coefficient (Wildman–Crippen LogP) is 1.91. The smallest absolute Gasteiger partial charge is 0.257 e. The first-order valence-corrected chi connectivity index (χ1v) is 9.81. The summed E-state index contributed by atoms with van der Waals surface area (Å²) >= 11 is 0. The molecule has 1 heterocycles. The van der Waals surface area contributed by atoms with Crippen molar-refractivity contribution in [1.82, 2.24) is 9.80 Å². The highest BCUT2D eigenvalue weighted by Gasteiger charge is 2.27. The van der Waals surface area contributed by atoms with Crippen LogP contribution < -0.4 is 10.6 Å². The van der Waals surface area contributed by atoms with Crippen LogP contribution >= 0.6 is 0 Å². The Morgan fingerprint density at radius 3 is 1.74 bits per heavy atom. The summed E-state index contributed by atoms with van der Waals surface area (Å²) in [4.78, 5) is 51.7. The van der Waals surface area contributed by atoms with E-state index in [9.17, 15) is 24.3 Å². The molecule has 1 aliphatic heterocycles. The van der Waals surface area contributed by atoms with Crippen molar-refractivity contribution < 1.29 is 24.3 Å². The normalized spacial score (nSPS) is 13.5. The van der Waals surface area contributed by atoms with Gasteiger partial charge in [0.15, 0.2) is 0 Å². The van der Waals surface area contributed by atoms with Gasteiger partial charge in [0.1, 0.15) is 5.75 Å². The molecule has 0 aromatic heterocycles. The zero-order chi connectivity index (χ0) is 22.5. The highest BCUT2D eigenvalue weighted by atomic mass is 16.3. The van der Waals surface area contributed by atoms with Crippen molar-refractivity contribution in [1.29, 1.82) is 0 Å². The van der Waals surface area contributed by atoms with Crippen LogP contribution in [0.25, 0.3) is 0 Å². The minimum atomic E-state index is -0.297. The molecule has 2 aromatic rings. The van der Waals surface area contributed by atoms with Crippen molar-refractivity contribution in [3.63, 3.8) is 0 Å². The highest BCUT2D eigenvalue weighted by molar-refractivity contribution is 6.00. The number of phenolic OH excluding ortho intramolecular Hbond substituents is 1. The van der Waals surface area contributed by atoms with Crippen LogP contribution in [0, 0.1) is 0 Å². The molecule has 1 aliphatic rings. The maximum absolute atomic E-state index is 13.0. The Kier molecular flexibility index (Phi) is 6.54. The molecule has 9 heteroatoms. The van der Waals surface area contributed by atoms with Crippen molar-refractivity contribution >= 4 is 35.0 Å². The van der Waals surface area contributed by atoms with E-state index in [1.807, 2.05) is 0 Å². The number of anilines is 2. The summed E-state index contributed by atoms with van der Waals surface area (Å²) in [5, 5.41) is 15.2. The Labute approximate surface area is 179 Å². The molecule has 2 aromatic carbocycles. The first kappa shape index (κ1) is 21.8. The topological polar surface area (TPSA) is 119 Å². The fourth-order valence-corrected chi connectivity index (χ4v) is 3.42. The van der Waals surface area contributed by atoms with E-state index in [1.165, 1.54) is 19.9 Å². The largest absolute Gasteiger partial charge is 0.507 e. The Hall–Kier alpha value is -3.88. The molecule has 0 unspecified atom stereocenters. The predicted molar refractivity (Wildman–Crippen MR) is 115 cm³/mol. The summed E-state index contributed by atoms with van der Waals surface area (Å²) in [5.74, 6) is -1.23. The number of carbonyl (C=O) groups is 4. The average Bonchev–Trinajstić information content (AvgIpc) is 2.72. The quantitative estimate of drug-likeness (QED) is 0.693. The summed E-state index contributed by atoms with van der Waals surface area (Å²) in [6, 6.07) is 11.0. The van der Waals surface area contributed by atoms with Gasteiger partial charge in [-0.2, -0.15) is 0 Å². The number of nitrogens with one attached hydrogen (secondary N) is 2. The van der Waals surface area contributed by atoms with Crippen molar-refractivity contribution in [3.8, 4) is 5.75 Å². The van der Waals surface area contributed by atoms with Gasteiger partial charge in [-0.05, 0) is 30.3 Å². The van der Waals surface area contributed by atoms with E-state index in [0.717, 1.165) is 0 Å². The zero-order valence-corrected chi connectivity index (χ0v) is 17.3. The van der Waals surface area contributed by atoms with Gasteiger partial charge in [0.25, 0.3) is 11.8 Å². The third-order valence-corrected chi connectivity index (χ3v) is 4.81. The molecule has 0 bridgehead atoms. The second kappa shape index (κ2) is 9.29. The maximum Gasteiger partial charge on any atom is 0.257 e. The van der Waals surface area contributed by atoms with Gasteiger partial charge in [0, 0.05) is 57.0 Å². The van der Waals surface area contributed by atoms with Gasteiger partial charge >= 0.3 is 0 Å². The minimum Gasteiger partial charge on any atom is -0.507 e. The van der Waals surface area contributed by atoms with E-state index in [-0.39, 0.29) is 34.9 Å². The molecule has 3 rings (SSSR count). The molecule has 31 heavy (non-hydrogen) atoms. The number of amides is 4. The third kappa shape index (κ3) is 5.39. The summed E-state index contributed by atoms with van der Waals surface area (Å²) < 4.78 is 0. The number of carbonyl (C=O) groups excluding carboxylic acids is 4. The molecule has 1 saturated heterocycles. The lowest BCUT2D eigenvalue weighted by Gasteiger charge is -2.35. The van der Waals surface area contributed by atoms with Crippen LogP contribution in [0.15, 0.2) is 42.5 Å². The van der Waals surface area contributed by atoms with Crippen molar-refractivity contribution in [2.45, 2.75) is 13.8 Å². The van der Waals surface area contributed by atoms with Crippen LogP contribution in [-0.2, 0) is 9.59 Å². The molecular weight excluding hydrogens is 400 g/mol. The summed E-state index contributed by atoms with van der Waals surface area (Å²) in [6.07, 6.45) is 0. The fourth-order valence-electron chi connectivity index (χ4n) is 3.42. The highest BCUT2D eigenvalue weighted by Crippen LogP contribution is 2.22. The van der Waals surface area contributed by atoms with E-state index < -0.39 is 0 Å². The Morgan fingerprint density at radius 1 is 0.774 bits per heavy atom. The van der Waals surface area contributed by atoms with Crippen LogP contribution in [0.1, 0.15) is 34.6 Å². The third-order valence-electron chi connectivity index (χ3n) is 4.81. The van der Waals surface area contributed by atoms with Gasteiger partial charge in [0.2, 0.25) is 11.8 Å². The number of phenols is 1. The molecular formula is C22H24N4O5. The molecule has 9 nitrogen and oxygen atoms in total. The monoisotopic (exact) mass is 424 g/mol. The number of hydrogen-bond acceptors (Lipinski definition) is 5. The van der Waals surface area contributed by atoms with Gasteiger partial charge in [-0.1, -0.05) is 12.1 Å². The molecule has 0 spiro atoms. The van der Waals surface area contributed by atoms with Crippen LogP contribution in [0.5, 0.6) is 5.75 Å². The number of rotatable bonds is 4. The summed E-state index contributed by atoms with van der Waals surface area (Å²) in [7, 11) is 0. The summed E-state index contributed by atoms with van der Waals surface area (Å²) in [6.45, 7) is 3.99. The van der Waals surface area contributed by atoms with Crippen molar-refractivity contribution in [2.24, 2.45) is 0 Å². The average molecular weight is 424 g/mol. The molecule has 0 saturated carbocycles. The lowest BCUT2D eigenvalue weighted by molar-refractivity contribution is -0.115. The van der Waals surface area contributed by atoms with Gasteiger partial charge < -0.3 is 25.5 Å². The standard InChI is InChI=1S/C22H24N4O5/c1-14(27)23-17-11-16(12-18(13-17)24-15(2)28)21(30)25-7-9-26(10-8-25)22(31)19-5-3-4-6-20(19)29/h3-6,11-13,29H,7-10H2,1-2H3,(H,23,27)(H,24,28). The lowest BCUT2D eigenvalue weighted by atomic mass is 10.1. The number of hydrogen-bond donors (Lipinski definition) is 3. The number of benzene rings is 2. The molecule has 1 fully saturated rings. The van der Waals surface area contributed by atoms with E-state index in [2.05, 4.69) is 10.6 Å². The van der Waals surface area contributed by atoms with Gasteiger partial charge in [0.05, 0.1) is 5.56 Å².